The highest BCUT2D eigenvalue weighted by Crippen LogP contribution is 2.15. The van der Waals surface area contributed by atoms with Crippen molar-refractivity contribution in [1.29, 1.82) is 0 Å². The molecule has 3 nitrogen and oxygen atoms in total. The standard InChI is InChI=1S/C15H20ClNO2/c1-3-15(4-2,11-18)17-14(19)9-8-12-6-5-7-13(16)10-12/h5-10,18H,3-4,11H2,1-2H3,(H,17,19). The number of benzene rings is 1. The Labute approximate surface area is 119 Å². The number of hydrogen-bond acceptors (Lipinski definition) is 2. The van der Waals surface area contributed by atoms with Crippen LogP contribution < -0.4 is 5.32 Å². The van der Waals surface area contributed by atoms with Crippen molar-refractivity contribution < 1.29 is 9.90 Å². The lowest BCUT2D eigenvalue weighted by molar-refractivity contribution is -0.119. The van der Waals surface area contributed by atoms with Crippen LogP contribution in [0.15, 0.2) is 30.3 Å². The normalized spacial score (nSPS) is 11.8. The summed E-state index contributed by atoms with van der Waals surface area (Å²) in [6, 6.07) is 7.26. The van der Waals surface area contributed by atoms with E-state index in [1.165, 1.54) is 6.08 Å². The predicted octanol–water partition coefficient (Wildman–Crippen LogP) is 3.02. The smallest absolute Gasteiger partial charge is 0.244 e. The average Bonchev–Trinajstić information content (AvgIpc) is 2.43. The van der Waals surface area contributed by atoms with Gasteiger partial charge in [0.05, 0.1) is 12.1 Å². The van der Waals surface area contributed by atoms with Crippen LogP contribution in [0.2, 0.25) is 5.02 Å². The van der Waals surface area contributed by atoms with Gasteiger partial charge in [-0.25, -0.2) is 0 Å². The first-order valence-corrected chi connectivity index (χ1v) is 6.79. The molecule has 104 valence electrons. The van der Waals surface area contributed by atoms with Gasteiger partial charge in [-0.1, -0.05) is 37.6 Å². The van der Waals surface area contributed by atoms with Crippen LogP contribution in [0.25, 0.3) is 6.08 Å². The van der Waals surface area contributed by atoms with Crippen LogP contribution >= 0.6 is 11.6 Å². The molecule has 0 aliphatic rings. The van der Waals surface area contributed by atoms with Gasteiger partial charge < -0.3 is 10.4 Å². The fourth-order valence-corrected chi connectivity index (χ4v) is 1.97. The van der Waals surface area contributed by atoms with E-state index in [2.05, 4.69) is 5.32 Å². The summed E-state index contributed by atoms with van der Waals surface area (Å²) in [5.74, 6) is -0.210. The summed E-state index contributed by atoms with van der Waals surface area (Å²) in [6.07, 6.45) is 4.55. The second-order valence-electron chi connectivity index (χ2n) is 4.52. The van der Waals surface area contributed by atoms with Gasteiger partial charge >= 0.3 is 0 Å². The van der Waals surface area contributed by atoms with Gasteiger partial charge in [-0.2, -0.15) is 0 Å². The number of carbonyl (C=O) groups excluding carboxylic acids is 1. The number of nitrogens with one attached hydrogen (secondary N) is 1. The van der Waals surface area contributed by atoms with Gasteiger partial charge in [0.15, 0.2) is 0 Å². The van der Waals surface area contributed by atoms with Crippen molar-refractivity contribution in [3.05, 3.63) is 40.9 Å². The topological polar surface area (TPSA) is 49.3 Å². The van der Waals surface area contributed by atoms with Gasteiger partial charge in [0, 0.05) is 11.1 Å². The van der Waals surface area contributed by atoms with Crippen molar-refractivity contribution in [3.8, 4) is 0 Å². The third-order valence-electron chi connectivity index (χ3n) is 3.32. The molecule has 0 aromatic heterocycles. The van der Waals surface area contributed by atoms with Gasteiger partial charge in [0.2, 0.25) is 5.91 Å². The molecule has 0 heterocycles. The van der Waals surface area contributed by atoms with Crippen molar-refractivity contribution in [3.63, 3.8) is 0 Å². The average molecular weight is 282 g/mol. The minimum atomic E-state index is -0.532. The van der Waals surface area contributed by atoms with E-state index in [0.717, 1.165) is 5.56 Å². The fourth-order valence-electron chi connectivity index (χ4n) is 1.78. The van der Waals surface area contributed by atoms with Gasteiger partial charge in [-0.3, -0.25) is 4.79 Å². The van der Waals surface area contributed by atoms with Crippen LogP contribution in [0.1, 0.15) is 32.3 Å². The SMILES string of the molecule is CCC(CC)(CO)NC(=O)C=Cc1cccc(Cl)c1. The lowest BCUT2D eigenvalue weighted by atomic mass is 9.94. The van der Waals surface area contributed by atoms with E-state index in [1.807, 2.05) is 26.0 Å². The van der Waals surface area contributed by atoms with Gasteiger partial charge in [0.25, 0.3) is 0 Å². The molecule has 0 fully saturated rings. The van der Waals surface area contributed by atoms with Crippen LogP contribution in [-0.4, -0.2) is 23.2 Å². The summed E-state index contributed by atoms with van der Waals surface area (Å²) in [5.41, 5.74) is 0.334. The Balaban J connectivity index is 2.69. The number of aliphatic hydroxyl groups is 1. The molecule has 0 atom stereocenters. The molecule has 4 heteroatoms. The van der Waals surface area contributed by atoms with Crippen molar-refractivity contribution in [2.24, 2.45) is 0 Å². The Bertz CT molecular complexity index is 445. The summed E-state index contributed by atoms with van der Waals surface area (Å²) in [4.78, 5) is 11.9. The van der Waals surface area contributed by atoms with Crippen LogP contribution in [0.5, 0.6) is 0 Å². The van der Waals surface area contributed by atoms with E-state index in [1.54, 1.807) is 18.2 Å². The molecule has 2 N–H and O–H groups in total. The largest absolute Gasteiger partial charge is 0.394 e. The van der Waals surface area contributed by atoms with E-state index < -0.39 is 5.54 Å². The molecule has 0 aliphatic heterocycles. The maximum atomic E-state index is 11.9. The molecular weight excluding hydrogens is 262 g/mol. The van der Waals surface area contributed by atoms with Crippen LogP contribution in [0.3, 0.4) is 0 Å². The van der Waals surface area contributed by atoms with Gasteiger partial charge in [0.1, 0.15) is 0 Å². The first kappa shape index (κ1) is 15.7. The Morgan fingerprint density at radius 2 is 2.11 bits per heavy atom. The molecule has 1 aromatic rings. The minimum absolute atomic E-state index is 0.0588. The van der Waals surface area contributed by atoms with Gasteiger partial charge in [-0.05, 0) is 36.6 Å². The van der Waals surface area contributed by atoms with E-state index in [-0.39, 0.29) is 12.5 Å². The third-order valence-corrected chi connectivity index (χ3v) is 3.56. The third kappa shape index (κ3) is 4.69. The number of amides is 1. The molecule has 0 aliphatic carbocycles. The Hall–Kier alpha value is -1.32. The maximum Gasteiger partial charge on any atom is 0.244 e. The molecule has 1 amide bonds. The zero-order valence-electron chi connectivity index (χ0n) is 11.3. The molecular formula is C15H20ClNO2. The van der Waals surface area contributed by atoms with Crippen molar-refractivity contribution in [2.75, 3.05) is 6.61 Å². The number of hydrogen-bond donors (Lipinski definition) is 2. The highest BCUT2D eigenvalue weighted by atomic mass is 35.5. The van der Waals surface area contributed by atoms with Crippen LogP contribution in [0, 0.1) is 0 Å². The summed E-state index contributed by atoms with van der Waals surface area (Å²) in [7, 11) is 0. The fraction of sp³-hybridized carbons (Fsp3) is 0.400. The van der Waals surface area contributed by atoms with Crippen molar-refractivity contribution in [2.45, 2.75) is 32.2 Å². The molecule has 19 heavy (non-hydrogen) atoms. The summed E-state index contributed by atoms with van der Waals surface area (Å²) in [6.45, 7) is 3.83. The lowest BCUT2D eigenvalue weighted by Crippen LogP contribution is -2.49. The zero-order valence-corrected chi connectivity index (χ0v) is 12.1. The van der Waals surface area contributed by atoms with Crippen molar-refractivity contribution >= 4 is 23.6 Å². The van der Waals surface area contributed by atoms with Gasteiger partial charge in [-0.15, -0.1) is 0 Å². The molecule has 0 spiro atoms. The molecule has 1 aromatic carbocycles. The quantitative estimate of drug-likeness (QED) is 0.788. The predicted molar refractivity (Wildman–Crippen MR) is 79.0 cm³/mol. The molecule has 1 rings (SSSR count). The Morgan fingerprint density at radius 3 is 2.63 bits per heavy atom. The number of rotatable bonds is 6. The summed E-state index contributed by atoms with van der Waals surface area (Å²) < 4.78 is 0. The van der Waals surface area contributed by atoms with E-state index in [9.17, 15) is 9.90 Å². The van der Waals surface area contributed by atoms with Crippen LogP contribution in [-0.2, 0) is 4.79 Å². The molecule has 0 saturated carbocycles. The van der Waals surface area contributed by atoms with E-state index >= 15 is 0 Å². The molecule has 0 bridgehead atoms. The Morgan fingerprint density at radius 1 is 1.42 bits per heavy atom. The second kappa shape index (κ2) is 7.31. The summed E-state index contributed by atoms with van der Waals surface area (Å²) in [5, 5.41) is 12.9. The highest BCUT2D eigenvalue weighted by Gasteiger charge is 2.26. The first-order chi connectivity index (χ1) is 9.05. The monoisotopic (exact) mass is 281 g/mol. The summed E-state index contributed by atoms with van der Waals surface area (Å²) >= 11 is 5.87. The second-order valence-corrected chi connectivity index (χ2v) is 4.96. The zero-order chi connectivity index (χ0) is 14.3. The Kier molecular flexibility index (Phi) is 6.06. The number of halogens is 1. The number of carbonyl (C=O) groups is 1. The number of aliphatic hydroxyl groups excluding tert-OH is 1. The first-order valence-electron chi connectivity index (χ1n) is 6.42. The van der Waals surface area contributed by atoms with Crippen molar-refractivity contribution in [1.82, 2.24) is 5.32 Å². The highest BCUT2D eigenvalue weighted by molar-refractivity contribution is 6.30. The van der Waals surface area contributed by atoms with Crippen LogP contribution in [0.4, 0.5) is 0 Å². The molecule has 0 unspecified atom stereocenters. The lowest BCUT2D eigenvalue weighted by Gasteiger charge is -2.30. The minimum Gasteiger partial charge on any atom is -0.394 e. The maximum absolute atomic E-state index is 11.9. The molecule has 0 saturated heterocycles. The van der Waals surface area contributed by atoms with E-state index in [4.69, 9.17) is 11.6 Å². The van der Waals surface area contributed by atoms with E-state index in [0.29, 0.717) is 17.9 Å². The molecule has 0 radical (unpaired) electrons.